The van der Waals surface area contributed by atoms with Gasteiger partial charge in [0.2, 0.25) is 5.78 Å². The number of aromatic nitrogens is 1. The Labute approximate surface area is 107 Å². The molecule has 17 heavy (non-hydrogen) atoms. The summed E-state index contributed by atoms with van der Waals surface area (Å²) in [5.74, 6) is 0.871. The summed E-state index contributed by atoms with van der Waals surface area (Å²) in [6.45, 7) is 0.297. The van der Waals surface area contributed by atoms with Crippen molar-refractivity contribution in [3.63, 3.8) is 0 Å². The van der Waals surface area contributed by atoms with Crippen LogP contribution < -0.4 is 5.73 Å². The van der Waals surface area contributed by atoms with Crippen LogP contribution in [-0.2, 0) is 13.0 Å². The molecule has 0 aliphatic carbocycles. The first-order valence-electron chi connectivity index (χ1n) is 5.10. The highest BCUT2D eigenvalue weighted by atomic mass is 79.9. The van der Waals surface area contributed by atoms with E-state index in [1.165, 1.54) is 0 Å². The maximum atomic E-state index is 11.9. The summed E-state index contributed by atoms with van der Waals surface area (Å²) >= 11 is 3.31. The number of pyridine rings is 1. The molecule has 2 heterocycles. The molecule has 0 bridgehead atoms. The maximum Gasteiger partial charge on any atom is 0.202 e. The minimum Gasteiger partial charge on any atom is -0.457 e. The summed E-state index contributed by atoms with van der Waals surface area (Å²) in [5.41, 5.74) is 6.26. The summed E-state index contributed by atoms with van der Waals surface area (Å²) in [6.07, 6.45) is 3.60. The molecular formula is C12H11BrN2O2. The van der Waals surface area contributed by atoms with Gasteiger partial charge in [0, 0.05) is 23.3 Å². The summed E-state index contributed by atoms with van der Waals surface area (Å²) in [4.78, 5) is 15.9. The quantitative estimate of drug-likeness (QED) is 0.879. The third-order valence-electron chi connectivity index (χ3n) is 2.26. The molecule has 0 amide bonds. The van der Waals surface area contributed by atoms with Gasteiger partial charge in [-0.25, -0.2) is 0 Å². The lowest BCUT2D eigenvalue weighted by Gasteiger charge is -1.99. The number of nitrogens with zero attached hydrogens (tertiary/aromatic N) is 1. The fraction of sp³-hybridized carbons (Fsp3) is 0.167. The molecule has 0 fully saturated rings. The second-order valence-electron chi connectivity index (χ2n) is 3.58. The van der Waals surface area contributed by atoms with Crippen LogP contribution in [0.15, 0.2) is 39.5 Å². The Bertz CT molecular complexity index is 537. The van der Waals surface area contributed by atoms with Crippen molar-refractivity contribution in [2.45, 2.75) is 13.0 Å². The average Bonchev–Trinajstić information content (AvgIpc) is 2.77. The van der Waals surface area contributed by atoms with Gasteiger partial charge in [0.1, 0.15) is 5.76 Å². The van der Waals surface area contributed by atoms with Gasteiger partial charge < -0.3 is 10.2 Å². The number of carbonyl (C=O) groups is 1. The number of halogens is 1. The molecule has 0 saturated heterocycles. The lowest BCUT2D eigenvalue weighted by molar-refractivity contribution is 0.0964. The van der Waals surface area contributed by atoms with Crippen molar-refractivity contribution in [3.05, 3.63) is 52.1 Å². The highest BCUT2D eigenvalue weighted by Gasteiger charge is 2.11. The van der Waals surface area contributed by atoms with Gasteiger partial charge >= 0.3 is 0 Å². The zero-order valence-electron chi connectivity index (χ0n) is 9.02. The number of ketones is 1. The highest BCUT2D eigenvalue weighted by Crippen LogP contribution is 2.14. The molecule has 0 aliphatic rings. The Balaban J connectivity index is 2.11. The number of hydrogen-bond donors (Lipinski definition) is 1. The van der Waals surface area contributed by atoms with Crippen LogP contribution >= 0.6 is 15.9 Å². The molecule has 5 heteroatoms. The van der Waals surface area contributed by atoms with Crippen LogP contribution in [0.5, 0.6) is 0 Å². The third-order valence-corrected chi connectivity index (χ3v) is 2.70. The third kappa shape index (κ3) is 3.01. The second-order valence-corrected chi connectivity index (χ2v) is 4.50. The van der Waals surface area contributed by atoms with E-state index in [1.807, 2.05) is 6.07 Å². The van der Waals surface area contributed by atoms with E-state index in [0.717, 1.165) is 10.0 Å². The molecule has 88 valence electrons. The maximum absolute atomic E-state index is 11.9. The van der Waals surface area contributed by atoms with Gasteiger partial charge in [0.25, 0.3) is 0 Å². The van der Waals surface area contributed by atoms with Crippen LogP contribution in [0, 0.1) is 0 Å². The average molecular weight is 295 g/mol. The monoisotopic (exact) mass is 294 g/mol. The fourth-order valence-electron chi connectivity index (χ4n) is 1.46. The first-order chi connectivity index (χ1) is 8.19. The van der Waals surface area contributed by atoms with Crippen LogP contribution in [0.1, 0.15) is 21.9 Å². The standard InChI is InChI=1S/C12H11BrN2O2/c13-9-3-8(6-15-7-9)4-11(16)12-2-1-10(5-14)17-12/h1-3,6-7H,4-5,14H2. The van der Waals surface area contributed by atoms with Crippen molar-refractivity contribution < 1.29 is 9.21 Å². The molecule has 2 aromatic rings. The van der Waals surface area contributed by atoms with Gasteiger partial charge in [0.05, 0.1) is 6.54 Å². The van der Waals surface area contributed by atoms with E-state index in [4.69, 9.17) is 10.2 Å². The minimum absolute atomic E-state index is 0.0791. The molecular weight excluding hydrogens is 284 g/mol. The van der Waals surface area contributed by atoms with Crippen LogP contribution in [0.25, 0.3) is 0 Å². The normalized spacial score (nSPS) is 10.5. The lowest BCUT2D eigenvalue weighted by atomic mass is 10.1. The first-order valence-corrected chi connectivity index (χ1v) is 5.90. The zero-order valence-corrected chi connectivity index (χ0v) is 10.6. The summed E-state index contributed by atoms with van der Waals surface area (Å²) < 4.78 is 6.14. The molecule has 0 spiro atoms. The molecule has 0 atom stereocenters. The van der Waals surface area contributed by atoms with Crippen LogP contribution in [0.2, 0.25) is 0 Å². The van der Waals surface area contributed by atoms with Gasteiger partial charge in [-0.3, -0.25) is 9.78 Å². The largest absolute Gasteiger partial charge is 0.457 e. The van der Waals surface area contributed by atoms with Gasteiger partial charge in [0.15, 0.2) is 5.76 Å². The number of carbonyl (C=O) groups excluding carboxylic acids is 1. The van der Waals surface area contributed by atoms with E-state index < -0.39 is 0 Å². The molecule has 0 aromatic carbocycles. The Morgan fingerprint density at radius 3 is 2.88 bits per heavy atom. The smallest absolute Gasteiger partial charge is 0.202 e. The molecule has 2 aromatic heterocycles. The van der Waals surface area contributed by atoms with E-state index in [9.17, 15) is 4.79 Å². The van der Waals surface area contributed by atoms with E-state index in [0.29, 0.717) is 18.1 Å². The first kappa shape index (κ1) is 12.0. The number of furan rings is 1. The Hall–Kier alpha value is -1.46. The van der Waals surface area contributed by atoms with Crippen molar-refractivity contribution in [2.24, 2.45) is 5.73 Å². The Morgan fingerprint density at radius 1 is 1.41 bits per heavy atom. The van der Waals surface area contributed by atoms with E-state index >= 15 is 0 Å². The predicted molar refractivity (Wildman–Crippen MR) is 66.6 cm³/mol. The molecule has 0 radical (unpaired) electrons. The van der Waals surface area contributed by atoms with E-state index in [2.05, 4.69) is 20.9 Å². The zero-order chi connectivity index (χ0) is 12.3. The molecule has 4 nitrogen and oxygen atoms in total. The predicted octanol–water partition coefficient (Wildman–Crippen LogP) is 2.32. The second kappa shape index (κ2) is 5.25. The number of hydrogen-bond acceptors (Lipinski definition) is 4. The molecule has 2 N–H and O–H groups in total. The van der Waals surface area contributed by atoms with Gasteiger partial charge in [-0.1, -0.05) is 0 Å². The van der Waals surface area contributed by atoms with Gasteiger partial charge in [-0.15, -0.1) is 0 Å². The number of rotatable bonds is 4. The van der Waals surface area contributed by atoms with E-state index in [1.54, 1.807) is 24.5 Å². The Morgan fingerprint density at radius 2 is 2.24 bits per heavy atom. The minimum atomic E-state index is -0.0791. The van der Waals surface area contributed by atoms with Gasteiger partial charge in [-0.05, 0) is 39.7 Å². The summed E-state index contributed by atoms with van der Waals surface area (Å²) in [5, 5.41) is 0. The van der Waals surface area contributed by atoms with Crippen molar-refractivity contribution in [1.29, 1.82) is 0 Å². The lowest BCUT2D eigenvalue weighted by Crippen LogP contribution is -2.02. The van der Waals surface area contributed by atoms with E-state index in [-0.39, 0.29) is 12.2 Å². The topological polar surface area (TPSA) is 69.1 Å². The number of Topliss-reactive ketones (excluding diaryl/α,β-unsaturated/α-hetero) is 1. The fourth-order valence-corrected chi connectivity index (χ4v) is 1.87. The van der Waals surface area contributed by atoms with Crippen LogP contribution in [0.3, 0.4) is 0 Å². The molecule has 2 rings (SSSR count). The van der Waals surface area contributed by atoms with Crippen molar-refractivity contribution in [3.8, 4) is 0 Å². The Kier molecular flexibility index (Phi) is 3.71. The molecule has 0 aliphatic heterocycles. The van der Waals surface area contributed by atoms with Crippen molar-refractivity contribution in [1.82, 2.24) is 4.98 Å². The number of nitrogens with two attached hydrogens (primary N) is 1. The molecule has 0 unspecified atom stereocenters. The van der Waals surface area contributed by atoms with Crippen molar-refractivity contribution in [2.75, 3.05) is 0 Å². The highest BCUT2D eigenvalue weighted by molar-refractivity contribution is 9.10. The SMILES string of the molecule is NCc1ccc(C(=O)Cc2cncc(Br)c2)o1. The summed E-state index contributed by atoms with van der Waals surface area (Å²) in [6, 6.07) is 5.22. The van der Waals surface area contributed by atoms with Gasteiger partial charge in [-0.2, -0.15) is 0 Å². The summed E-state index contributed by atoms with van der Waals surface area (Å²) in [7, 11) is 0. The van der Waals surface area contributed by atoms with Crippen LogP contribution in [0.4, 0.5) is 0 Å². The van der Waals surface area contributed by atoms with Crippen molar-refractivity contribution >= 4 is 21.7 Å². The molecule has 0 saturated carbocycles. The van der Waals surface area contributed by atoms with Crippen LogP contribution in [-0.4, -0.2) is 10.8 Å².